The van der Waals surface area contributed by atoms with E-state index < -0.39 is 0 Å². The highest BCUT2D eigenvalue weighted by Gasteiger charge is 2.06. The van der Waals surface area contributed by atoms with Crippen molar-refractivity contribution in [2.24, 2.45) is 0 Å². The van der Waals surface area contributed by atoms with Crippen LogP contribution in [0.2, 0.25) is 0 Å². The van der Waals surface area contributed by atoms with Gasteiger partial charge in [0, 0.05) is 0 Å². The average molecular weight is 346 g/mol. The maximum absolute atomic E-state index is 13.2. The highest BCUT2D eigenvalue weighted by molar-refractivity contribution is 5.92. The lowest BCUT2D eigenvalue weighted by atomic mass is 10.1. The van der Waals surface area contributed by atoms with Crippen LogP contribution in [0.4, 0.5) is 21.6 Å². The molecule has 2 N–H and O–H groups in total. The summed E-state index contributed by atoms with van der Waals surface area (Å²) in [4.78, 5) is 16.3. The minimum Gasteiger partial charge on any atom is -0.339 e. The van der Waals surface area contributed by atoms with Crippen molar-refractivity contribution in [1.82, 2.24) is 4.98 Å². The van der Waals surface area contributed by atoms with Crippen LogP contribution in [-0.2, 0) is 11.2 Å². The minimum atomic E-state index is -0.370. The van der Waals surface area contributed by atoms with E-state index in [0.29, 0.717) is 28.3 Å². The number of hydrogen-bond donors (Lipinski definition) is 2. The molecule has 0 fully saturated rings. The first kappa shape index (κ1) is 17.1. The van der Waals surface area contributed by atoms with Gasteiger partial charge in [0.1, 0.15) is 17.7 Å². The number of nitrogens with zero attached hydrogens (tertiary/aromatic N) is 2. The van der Waals surface area contributed by atoms with Crippen LogP contribution in [0.25, 0.3) is 0 Å². The van der Waals surface area contributed by atoms with E-state index in [1.807, 2.05) is 6.07 Å². The van der Waals surface area contributed by atoms with E-state index in [2.05, 4.69) is 21.7 Å². The smallest absolute Gasteiger partial charge is 0.228 e. The lowest BCUT2D eigenvalue weighted by Crippen LogP contribution is -2.14. The number of hydrogen-bond acceptors (Lipinski definition) is 4. The summed E-state index contributed by atoms with van der Waals surface area (Å²) in [5.74, 6) is -0.0752. The first-order valence-electron chi connectivity index (χ1n) is 7.90. The number of benzene rings is 2. The molecule has 0 saturated heterocycles. The van der Waals surface area contributed by atoms with Gasteiger partial charge >= 0.3 is 0 Å². The molecule has 0 unspecified atom stereocenters. The number of pyridine rings is 1. The first-order chi connectivity index (χ1) is 12.6. The second-order valence-electron chi connectivity index (χ2n) is 5.57. The van der Waals surface area contributed by atoms with Crippen LogP contribution >= 0.6 is 0 Å². The molecular weight excluding hydrogens is 331 g/mol. The van der Waals surface area contributed by atoms with Crippen molar-refractivity contribution in [2.75, 3.05) is 10.6 Å². The van der Waals surface area contributed by atoms with Gasteiger partial charge in [-0.1, -0.05) is 24.3 Å². The number of nitriles is 1. The Balaban J connectivity index is 1.62. The van der Waals surface area contributed by atoms with Crippen molar-refractivity contribution in [2.45, 2.75) is 6.42 Å². The van der Waals surface area contributed by atoms with Crippen molar-refractivity contribution in [3.63, 3.8) is 0 Å². The SMILES string of the molecule is N#Cc1ccccc1Nc1ccc(NC(=O)Cc2cccc(F)c2)cn1. The van der Waals surface area contributed by atoms with E-state index in [9.17, 15) is 9.18 Å². The molecule has 0 atom stereocenters. The fourth-order valence-corrected chi connectivity index (χ4v) is 2.41. The first-order valence-corrected chi connectivity index (χ1v) is 7.90. The van der Waals surface area contributed by atoms with Gasteiger partial charge in [-0.25, -0.2) is 9.37 Å². The molecular formula is C20H15FN4O. The number of amides is 1. The Hall–Kier alpha value is -3.72. The van der Waals surface area contributed by atoms with Gasteiger partial charge in [-0.3, -0.25) is 4.79 Å². The van der Waals surface area contributed by atoms with E-state index in [1.54, 1.807) is 42.5 Å². The molecule has 128 valence electrons. The van der Waals surface area contributed by atoms with E-state index >= 15 is 0 Å². The summed E-state index contributed by atoms with van der Waals surface area (Å²) in [7, 11) is 0. The molecule has 1 aromatic heterocycles. The van der Waals surface area contributed by atoms with Crippen molar-refractivity contribution in [1.29, 1.82) is 5.26 Å². The Morgan fingerprint density at radius 1 is 1.12 bits per heavy atom. The molecule has 1 amide bonds. The number of aromatic nitrogens is 1. The van der Waals surface area contributed by atoms with Gasteiger partial charge in [0.25, 0.3) is 0 Å². The van der Waals surface area contributed by atoms with Gasteiger partial charge < -0.3 is 10.6 Å². The zero-order valence-electron chi connectivity index (χ0n) is 13.7. The molecule has 3 rings (SSSR count). The third kappa shape index (κ3) is 4.42. The number of para-hydroxylation sites is 1. The second kappa shape index (κ2) is 7.90. The Morgan fingerprint density at radius 3 is 2.69 bits per heavy atom. The summed E-state index contributed by atoms with van der Waals surface area (Å²) in [6, 6.07) is 18.5. The van der Waals surface area contributed by atoms with Gasteiger partial charge in [0.2, 0.25) is 5.91 Å². The molecule has 0 aliphatic heterocycles. The van der Waals surface area contributed by atoms with Gasteiger partial charge in [-0.05, 0) is 42.0 Å². The molecule has 0 bridgehead atoms. The van der Waals surface area contributed by atoms with Gasteiger partial charge in [-0.15, -0.1) is 0 Å². The fraction of sp³-hybridized carbons (Fsp3) is 0.0500. The molecule has 6 heteroatoms. The second-order valence-corrected chi connectivity index (χ2v) is 5.57. The highest BCUT2D eigenvalue weighted by atomic mass is 19.1. The third-order valence-corrected chi connectivity index (χ3v) is 3.61. The van der Waals surface area contributed by atoms with Crippen molar-refractivity contribution in [3.8, 4) is 6.07 Å². The van der Waals surface area contributed by atoms with Gasteiger partial charge in [0.05, 0.1) is 29.6 Å². The third-order valence-electron chi connectivity index (χ3n) is 3.61. The Bertz CT molecular complexity index is 964. The summed E-state index contributed by atoms with van der Waals surface area (Å²) in [5, 5.41) is 14.9. The summed E-state index contributed by atoms with van der Waals surface area (Å²) in [5.41, 5.74) is 2.31. The molecule has 0 aliphatic rings. The van der Waals surface area contributed by atoms with Crippen LogP contribution in [0.1, 0.15) is 11.1 Å². The van der Waals surface area contributed by atoms with Gasteiger partial charge in [0.15, 0.2) is 0 Å². The fourth-order valence-electron chi connectivity index (χ4n) is 2.41. The van der Waals surface area contributed by atoms with Gasteiger partial charge in [-0.2, -0.15) is 5.26 Å². The van der Waals surface area contributed by atoms with E-state index in [0.717, 1.165) is 0 Å². The molecule has 2 aromatic carbocycles. The zero-order chi connectivity index (χ0) is 18.4. The number of anilines is 3. The van der Waals surface area contributed by atoms with Crippen LogP contribution in [0.5, 0.6) is 0 Å². The average Bonchev–Trinajstić information content (AvgIpc) is 2.64. The molecule has 0 radical (unpaired) electrons. The standard InChI is InChI=1S/C20H15FN4O/c21-16-6-3-4-14(10-16)11-20(26)24-17-8-9-19(23-13-17)25-18-7-2-1-5-15(18)12-22/h1-10,13H,11H2,(H,23,25)(H,24,26). The topological polar surface area (TPSA) is 77.8 Å². The quantitative estimate of drug-likeness (QED) is 0.731. The number of halogens is 1. The van der Waals surface area contributed by atoms with Crippen LogP contribution in [-0.4, -0.2) is 10.9 Å². The molecule has 0 saturated carbocycles. The number of nitrogens with one attached hydrogen (secondary N) is 2. The number of rotatable bonds is 5. The largest absolute Gasteiger partial charge is 0.339 e. The van der Waals surface area contributed by atoms with E-state index in [4.69, 9.17) is 5.26 Å². The molecule has 26 heavy (non-hydrogen) atoms. The van der Waals surface area contributed by atoms with E-state index in [1.165, 1.54) is 18.3 Å². The molecule has 0 aliphatic carbocycles. The molecule has 1 heterocycles. The molecule has 3 aromatic rings. The normalized spacial score (nSPS) is 10.0. The monoisotopic (exact) mass is 346 g/mol. The lowest BCUT2D eigenvalue weighted by molar-refractivity contribution is -0.115. The predicted molar refractivity (Wildman–Crippen MR) is 97.4 cm³/mol. The number of carbonyl (C=O) groups is 1. The van der Waals surface area contributed by atoms with Crippen LogP contribution < -0.4 is 10.6 Å². The Kier molecular flexibility index (Phi) is 5.20. The number of carbonyl (C=O) groups excluding carboxylic acids is 1. The molecule has 0 spiro atoms. The minimum absolute atomic E-state index is 0.0767. The lowest BCUT2D eigenvalue weighted by Gasteiger charge is -2.09. The van der Waals surface area contributed by atoms with Crippen molar-refractivity contribution in [3.05, 3.63) is 83.8 Å². The summed E-state index contributed by atoms with van der Waals surface area (Å²) < 4.78 is 13.2. The Morgan fingerprint density at radius 2 is 1.96 bits per heavy atom. The van der Waals surface area contributed by atoms with Crippen LogP contribution in [0, 0.1) is 17.1 Å². The molecule has 5 nitrogen and oxygen atoms in total. The highest BCUT2D eigenvalue weighted by Crippen LogP contribution is 2.19. The zero-order valence-corrected chi connectivity index (χ0v) is 13.7. The summed E-state index contributed by atoms with van der Waals surface area (Å²) >= 11 is 0. The summed E-state index contributed by atoms with van der Waals surface area (Å²) in [6.45, 7) is 0. The maximum atomic E-state index is 13.2. The summed E-state index contributed by atoms with van der Waals surface area (Å²) in [6.07, 6.45) is 1.59. The van der Waals surface area contributed by atoms with Crippen LogP contribution in [0.15, 0.2) is 66.9 Å². The maximum Gasteiger partial charge on any atom is 0.228 e. The van der Waals surface area contributed by atoms with Crippen molar-refractivity contribution >= 4 is 23.1 Å². The van der Waals surface area contributed by atoms with Crippen molar-refractivity contribution < 1.29 is 9.18 Å². The predicted octanol–water partition coefficient (Wildman–Crippen LogP) is 4.02. The van der Waals surface area contributed by atoms with E-state index in [-0.39, 0.29) is 18.1 Å². The Labute approximate surface area is 150 Å². The van der Waals surface area contributed by atoms with Crippen LogP contribution in [0.3, 0.4) is 0 Å².